The molecule has 0 radical (unpaired) electrons. The Balaban J connectivity index is 1.20. The SMILES string of the molecule is CN(Cc1ccccc1)C(=O)CC1(COc2ccccc2)CCN(Cc2cnc(N3CCCCC3)nc2)CC1. The van der Waals surface area contributed by atoms with E-state index in [2.05, 4.69) is 31.9 Å². The van der Waals surface area contributed by atoms with E-state index in [-0.39, 0.29) is 11.3 Å². The molecule has 206 valence electrons. The molecule has 0 saturated carbocycles. The first kappa shape index (κ1) is 27.1. The van der Waals surface area contributed by atoms with Crippen molar-refractivity contribution in [1.82, 2.24) is 19.8 Å². The summed E-state index contributed by atoms with van der Waals surface area (Å²) >= 11 is 0. The summed E-state index contributed by atoms with van der Waals surface area (Å²) < 4.78 is 6.26. The van der Waals surface area contributed by atoms with Gasteiger partial charge in [0, 0.05) is 63.0 Å². The van der Waals surface area contributed by atoms with Gasteiger partial charge in [-0.25, -0.2) is 9.97 Å². The summed E-state index contributed by atoms with van der Waals surface area (Å²) in [5.74, 6) is 1.88. The smallest absolute Gasteiger partial charge is 0.225 e. The highest BCUT2D eigenvalue weighted by Crippen LogP contribution is 2.37. The fourth-order valence-corrected chi connectivity index (χ4v) is 5.66. The number of para-hydroxylation sites is 1. The Hall–Kier alpha value is -3.45. The van der Waals surface area contributed by atoms with Crippen LogP contribution in [0.5, 0.6) is 5.75 Å². The van der Waals surface area contributed by atoms with Crippen molar-refractivity contribution in [2.45, 2.75) is 51.6 Å². The van der Waals surface area contributed by atoms with E-state index in [1.807, 2.05) is 72.9 Å². The molecule has 2 fully saturated rings. The maximum Gasteiger partial charge on any atom is 0.225 e. The number of likely N-dealkylation sites (tertiary alicyclic amines) is 1. The normalized spacial score (nSPS) is 17.5. The number of hydrogen-bond acceptors (Lipinski definition) is 6. The quantitative estimate of drug-likeness (QED) is 0.362. The van der Waals surface area contributed by atoms with Gasteiger partial charge >= 0.3 is 0 Å². The monoisotopic (exact) mass is 527 g/mol. The maximum absolute atomic E-state index is 13.4. The molecule has 5 rings (SSSR count). The molecular weight excluding hydrogens is 486 g/mol. The first-order chi connectivity index (χ1) is 19.1. The van der Waals surface area contributed by atoms with Crippen LogP contribution in [0.15, 0.2) is 73.1 Å². The summed E-state index contributed by atoms with van der Waals surface area (Å²) in [6, 6.07) is 20.1. The van der Waals surface area contributed by atoms with Gasteiger partial charge in [-0.2, -0.15) is 0 Å². The second kappa shape index (κ2) is 13.1. The number of nitrogens with zero attached hydrogens (tertiary/aromatic N) is 5. The largest absolute Gasteiger partial charge is 0.493 e. The molecule has 3 heterocycles. The van der Waals surface area contributed by atoms with Gasteiger partial charge in [-0.3, -0.25) is 9.69 Å². The van der Waals surface area contributed by atoms with Crippen LogP contribution < -0.4 is 9.64 Å². The molecule has 1 amide bonds. The van der Waals surface area contributed by atoms with Gasteiger partial charge in [0.1, 0.15) is 5.75 Å². The van der Waals surface area contributed by atoms with E-state index >= 15 is 0 Å². The highest BCUT2D eigenvalue weighted by atomic mass is 16.5. The molecule has 2 aromatic carbocycles. The lowest BCUT2D eigenvalue weighted by Crippen LogP contribution is -2.45. The van der Waals surface area contributed by atoms with Crippen molar-refractivity contribution in [1.29, 1.82) is 0 Å². The number of piperidine rings is 2. The van der Waals surface area contributed by atoms with Gasteiger partial charge in [0.05, 0.1) is 6.61 Å². The Bertz CT molecular complexity index is 1160. The molecule has 0 aliphatic carbocycles. The predicted molar refractivity (Wildman–Crippen MR) is 155 cm³/mol. The summed E-state index contributed by atoms with van der Waals surface area (Å²) in [4.78, 5) is 29.3. The van der Waals surface area contributed by atoms with Crippen LogP contribution in [0.2, 0.25) is 0 Å². The Morgan fingerprint density at radius 3 is 2.18 bits per heavy atom. The molecule has 0 atom stereocenters. The molecule has 0 bridgehead atoms. The molecule has 7 heteroatoms. The topological polar surface area (TPSA) is 61.8 Å². The van der Waals surface area contributed by atoms with Gasteiger partial charge < -0.3 is 14.5 Å². The second-order valence-electron chi connectivity index (χ2n) is 11.2. The number of anilines is 1. The third-order valence-electron chi connectivity index (χ3n) is 8.16. The van der Waals surface area contributed by atoms with Crippen molar-refractivity contribution in [2.75, 3.05) is 44.7 Å². The minimum absolute atomic E-state index is 0.172. The highest BCUT2D eigenvalue weighted by molar-refractivity contribution is 5.76. The van der Waals surface area contributed by atoms with Gasteiger partial charge in [0.2, 0.25) is 11.9 Å². The molecule has 39 heavy (non-hydrogen) atoms. The first-order valence-electron chi connectivity index (χ1n) is 14.3. The predicted octanol–water partition coefficient (Wildman–Crippen LogP) is 5.18. The Labute approximate surface area is 232 Å². The van der Waals surface area contributed by atoms with Crippen molar-refractivity contribution in [3.8, 4) is 5.75 Å². The van der Waals surface area contributed by atoms with E-state index in [0.29, 0.717) is 19.6 Å². The third-order valence-corrected chi connectivity index (χ3v) is 8.16. The van der Waals surface area contributed by atoms with Crippen LogP contribution in [-0.2, 0) is 17.9 Å². The zero-order chi connectivity index (χ0) is 26.9. The zero-order valence-electron chi connectivity index (χ0n) is 23.2. The highest BCUT2D eigenvalue weighted by Gasteiger charge is 2.38. The lowest BCUT2D eigenvalue weighted by atomic mass is 9.75. The van der Waals surface area contributed by atoms with Crippen LogP contribution in [0, 0.1) is 5.41 Å². The van der Waals surface area contributed by atoms with Crippen molar-refractivity contribution in [3.63, 3.8) is 0 Å². The fraction of sp³-hybridized carbons (Fsp3) is 0.469. The van der Waals surface area contributed by atoms with Crippen LogP contribution in [0.25, 0.3) is 0 Å². The van der Waals surface area contributed by atoms with Crippen molar-refractivity contribution in [3.05, 3.63) is 84.2 Å². The number of carbonyl (C=O) groups excluding carboxylic acids is 1. The summed E-state index contributed by atoms with van der Waals surface area (Å²) in [6.45, 7) is 5.94. The van der Waals surface area contributed by atoms with E-state index in [0.717, 1.165) is 68.4 Å². The van der Waals surface area contributed by atoms with Crippen LogP contribution >= 0.6 is 0 Å². The Morgan fingerprint density at radius 1 is 0.872 bits per heavy atom. The van der Waals surface area contributed by atoms with E-state index in [1.165, 1.54) is 19.3 Å². The number of amides is 1. The van der Waals surface area contributed by atoms with Crippen molar-refractivity contribution < 1.29 is 9.53 Å². The van der Waals surface area contributed by atoms with Gasteiger partial charge in [0.15, 0.2) is 0 Å². The van der Waals surface area contributed by atoms with E-state index in [1.54, 1.807) is 0 Å². The van der Waals surface area contributed by atoms with E-state index in [9.17, 15) is 4.79 Å². The number of hydrogen-bond donors (Lipinski definition) is 0. The average molecular weight is 528 g/mol. The summed E-state index contributed by atoms with van der Waals surface area (Å²) in [5.41, 5.74) is 2.09. The molecule has 7 nitrogen and oxygen atoms in total. The average Bonchev–Trinajstić information content (AvgIpc) is 2.99. The van der Waals surface area contributed by atoms with Gasteiger partial charge in [-0.05, 0) is 62.9 Å². The minimum Gasteiger partial charge on any atom is -0.493 e. The molecule has 2 aliphatic heterocycles. The lowest BCUT2D eigenvalue weighted by molar-refractivity contribution is -0.134. The number of carbonyl (C=O) groups is 1. The lowest BCUT2D eigenvalue weighted by Gasteiger charge is -2.42. The molecule has 0 unspecified atom stereocenters. The Morgan fingerprint density at radius 2 is 1.51 bits per heavy atom. The van der Waals surface area contributed by atoms with Gasteiger partial charge in [-0.1, -0.05) is 48.5 Å². The third kappa shape index (κ3) is 7.57. The van der Waals surface area contributed by atoms with Crippen molar-refractivity contribution >= 4 is 11.9 Å². The minimum atomic E-state index is -0.191. The summed E-state index contributed by atoms with van der Waals surface area (Å²) in [6.07, 6.45) is 10.0. The maximum atomic E-state index is 13.4. The van der Waals surface area contributed by atoms with E-state index in [4.69, 9.17) is 4.74 Å². The van der Waals surface area contributed by atoms with Gasteiger partial charge in [-0.15, -0.1) is 0 Å². The molecule has 2 saturated heterocycles. The van der Waals surface area contributed by atoms with Crippen molar-refractivity contribution in [2.24, 2.45) is 5.41 Å². The Kier molecular flexibility index (Phi) is 9.09. The standard InChI is InChI=1S/C32H41N5O2/c1-35(24-27-11-5-2-6-12-27)30(38)21-32(26-39-29-13-7-3-8-14-29)15-19-36(20-16-32)25-28-22-33-31(34-23-28)37-17-9-4-10-18-37/h2-3,5-8,11-14,22-23H,4,9-10,15-21,24-26H2,1H3. The number of ether oxygens (including phenoxy) is 1. The number of benzene rings is 2. The molecule has 0 N–H and O–H groups in total. The molecular formula is C32H41N5O2. The number of aromatic nitrogens is 2. The molecule has 2 aliphatic rings. The van der Waals surface area contributed by atoms with Crippen LogP contribution in [0.1, 0.15) is 49.7 Å². The van der Waals surface area contributed by atoms with Crippen LogP contribution in [0.3, 0.4) is 0 Å². The van der Waals surface area contributed by atoms with Crippen LogP contribution in [0.4, 0.5) is 5.95 Å². The summed E-state index contributed by atoms with van der Waals surface area (Å²) in [7, 11) is 1.91. The molecule has 3 aromatic rings. The zero-order valence-corrected chi connectivity index (χ0v) is 23.2. The van der Waals surface area contributed by atoms with Gasteiger partial charge in [0.25, 0.3) is 0 Å². The molecule has 1 aromatic heterocycles. The summed E-state index contributed by atoms with van der Waals surface area (Å²) in [5, 5.41) is 0. The second-order valence-corrected chi connectivity index (χ2v) is 11.2. The molecule has 0 spiro atoms. The van der Waals surface area contributed by atoms with E-state index < -0.39 is 0 Å². The first-order valence-corrected chi connectivity index (χ1v) is 14.3. The fourth-order valence-electron chi connectivity index (χ4n) is 5.66. The number of rotatable bonds is 10. The van der Waals surface area contributed by atoms with Crippen LogP contribution in [-0.4, -0.2) is 65.5 Å².